The van der Waals surface area contributed by atoms with E-state index < -0.39 is 11.9 Å². The highest BCUT2D eigenvalue weighted by molar-refractivity contribution is 5.77. The fourth-order valence-corrected chi connectivity index (χ4v) is 7.26. The van der Waals surface area contributed by atoms with Crippen molar-refractivity contribution < 1.29 is 18.0 Å². The molecule has 1 N–H and O–H groups in total. The van der Waals surface area contributed by atoms with Gasteiger partial charge in [0, 0.05) is 48.8 Å². The monoisotopic (exact) mass is 511 g/mol. The van der Waals surface area contributed by atoms with Crippen LogP contribution in [0.2, 0.25) is 0 Å². The van der Waals surface area contributed by atoms with Gasteiger partial charge < -0.3 is 14.8 Å². The Morgan fingerprint density at radius 3 is 2.16 bits per heavy atom. The van der Waals surface area contributed by atoms with Crippen LogP contribution >= 0.6 is 0 Å². The number of hydrogen-bond acceptors (Lipinski definition) is 5. The second-order valence-corrected chi connectivity index (χ2v) is 12.3. The lowest BCUT2D eigenvalue weighted by Crippen LogP contribution is -2.70. The third-order valence-corrected chi connectivity index (χ3v) is 9.14. The Balaban J connectivity index is 0.865. The fourth-order valence-electron chi connectivity index (χ4n) is 7.26. The smallest absolute Gasteiger partial charge is 0.328 e. The van der Waals surface area contributed by atoms with E-state index in [0.29, 0.717) is 23.8 Å². The number of urea groups is 1. The van der Waals surface area contributed by atoms with Crippen LogP contribution in [0, 0.1) is 28.1 Å². The molecule has 2 amide bonds. The minimum Gasteiger partial charge on any atom is -0.328 e. The third kappa shape index (κ3) is 3.96. The van der Waals surface area contributed by atoms with Crippen molar-refractivity contribution in [1.29, 1.82) is 5.26 Å². The Bertz CT molecular complexity index is 1280. The highest BCUT2D eigenvalue weighted by Gasteiger charge is 2.58. The SMILES string of the molecule is N#Cc1cc(CC2CC3(C2)CN(C(=O)N2CC4(CC(c5nnc(C6CC6)[nH]5)C4)C2)C3)cc(C(F)(F)F)n1. The predicted octanol–water partition coefficient (Wildman–Crippen LogP) is 4.22. The van der Waals surface area contributed by atoms with E-state index in [0.717, 1.165) is 69.6 Å². The molecule has 37 heavy (non-hydrogen) atoms. The van der Waals surface area contributed by atoms with Crippen LogP contribution in [0.4, 0.5) is 18.0 Å². The van der Waals surface area contributed by atoms with Crippen LogP contribution in [-0.4, -0.2) is 62.2 Å². The summed E-state index contributed by atoms with van der Waals surface area (Å²) < 4.78 is 39.3. The summed E-state index contributed by atoms with van der Waals surface area (Å²) in [6, 6.07) is 4.36. The molecular formula is C26H28F3N7O. The van der Waals surface area contributed by atoms with Crippen LogP contribution in [0.15, 0.2) is 12.1 Å². The summed E-state index contributed by atoms with van der Waals surface area (Å²) in [7, 11) is 0. The molecule has 2 aliphatic heterocycles. The molecule has 5 aliphatic rings. The molecule has 0 bridgehead atoms. The number of halogens is 3. The largest absolute Gasteiger partial charge is 0.433 e. The zero-order valence-corrected chi connectivity index (χ0v) is 20.4. The Kier molecular flexibility index (Phi) is 4.77. The summed E-state index contributed by atoms with van der Waals surface area (Å²) in [5.74, 6) is 3.31. The zero-order valence-electron chi connectivity index (χ0n) is 20.4. The molecule has 0 unspecified atom stereocenters. The lowest BCUT2D eigenvalue weighted by molar-refractivity contribution is -0.141. The van der Waals surface area contributed by atoms with E-state index in [1.54, 1.807) is 6.07 Å². The standard InChI is InChI=1S/C26H28F3N7O/c27-26(28,29)20-5-15(4-19(10-30)31-20)3-16-6-24(7-16)11-35(12-24)23(37)36-13-25(14-36)8-18(9-25)22-32-21(33-34-22)17-1-2-17/h4-5,16-18H,1-3,6-9,11-14H2,(H,32,33,34). The molecule has 11 heteroatoms. The number of nitriles is 1. The van der Waals surface area contributed by atoms with E-state index in [9.17, 15) is 18.0 Å². The number of carbonyl (C=O) groups is 1. The molecule has 3 aliphatic carbocycles. The molecule has 2 aromatic heterocycles. The number of alkyl halides is 3. The van der Waals surface area contributed by atoms with Gasteiger partial charge in [0.15, 0.2) is 0 Å². The first-order chi connectivity index (χ1) is 17.6. The van der Waals surface area contributed by atoms with Gasteiger partial charge in [-0.2, -0.15) is 18.4 Å². The summed E-state index contributed by atoms with van der Waals surface area (Å²) in [6.07, 6.45) is 2.25. The number of aromatic nitrogens is 4. The summed E-state index contributed by atoms with van der Waals surface area (Å²) in [5, 5.41) is 17.7. The van der Waals surface area contributed by atoms with Gasteiger partial charge in [0.05, 0.1) is 0 Å². The minimum absolute atomic E-state index is 0.105. The quantitative estimate of drug-likeness (QED) is 0.662. The van der Waals surface area contributed by atoms with Gasteiger partial charge in [0.25, 0.3) is 0 Å². The van der Waals surface area contributed by atoms with Gasteiger partial charge in [0.1, 0.15) is 29.1 Å². The zero-order chi connectivity index (χ0) is 25.6. The second-order valence-electron chi connectivity index (χ2n) is 12.3. The number of hydrogen-bond donors (Lipinski definition) is 1. The predicted molar refractivity (Wildman–Crippen MR) is 124 cm³/mol. The molecule has 7 rings (SSSR count). The van der Waals surface area contributed by atoms with Crippen molar-refractivity contribution in [3.63, 3.8) is 0 Å². The number of amides is 2. The van der Waals surface area contributed by atoms with Gasteiger partial charge in [-0.1, -0.05) is 0 Å². The highest BCUT2D eigenvalue weighted by atomic mass is 19.4. The fraction of sp³-hybridized carbons (Fsp3) is 0.654. The van der Waals surface area contributed by atoms with Crippen LogP contribution in [-0.2, 0) is 12.6 Å². The third-order valence-electron chi connectivity index (χ3n) is 9.14. The van der Waals surface area contributed by atoms with Crippen LogP contribution < -0.4 is 0 Å². The number of pyridine rings is 1. The summed E-state index contributed by atoms with van der Waals surface area (Å²) in [4.78, 5) is 23.6. The summed E-state index contributed by atoms with van der Waals surface area (Å²) in [6.45, 7) is 3.07. The van der Waals surface area contributed by atoms with Gasteiger partial charge in [-0.05, 0) is 68.6 Å². The van der Waals surface area contributed by atoms with Gasteiger partial charge in [-0.3, -0.25) is 0 Å². The molecule has 2 spiro atoms. The Morgan fingerprint density at radius 2 is 1.59 bits per heavy atom. The maximum absolute atomic E-state index is 13.1. The molecule has 5 fully saturated rings. The number of nitrogens with zero attached hydrogens (tertiary/aromatic N) is 6. The van der Waals surface area contributed by atoms with Crippen molar-refractivity contribution in [2.24, 2.45) is 16.7 Å². The molecule has 0 aromatic carbocycles. The number of H-pyrrole nitrogens is 1. The van der Waals surface area contributed by atoms with E-state index in [1.807, 2.05) is 9.80 Å². The Morgan fingerprint density at radius 1 is 1.00 bits per heavy atom. The second kappa shape index (κ2) is 7.68. The van der Waals surface area contributed by atoms with Crippen molar-refractivity contribution in [3.8, 4) is 6.07 Å². The van der Waals surface area contributed by atoms with Crippen LogP contribution in [0.1, 0.15) is 79.0 Å². The van der Waals surface area contributed by atoms with Gasteiger partial charge in [-0.25, -0.2) is 9.78 Å². The van der Waals surface area contributed by atoms with Gasteiger partial charge >= 0.3 is 12.2 Å². The number of nitrogens with one attached hydrogen (secondary N) is 1. The number of aromatic amines is 1. The average molecular weight is 512 g/mol. The summed E-state index contributed by atoms with van der Waals surface area (Å²) >= 11 is 0. The van der Waals surface area contributed by atoms with E-state index in [4.69, 9.17) is 5.26 Å². The first-order valence-electron chi connectivity index (χ1n) is 13.1. The van der Waals surface area contributed by atoms with Crippen LogP contribution in [0.3, 0.4) is 0 Å². The van der Waals surface area contributed by atoms with Crippen molar-refractivity contribution in [2.75, 3.05) is 26.2 Å². The maximum atomic E-state index is 13.1. The van der Waals surface area contributed by atoms with E-state index in [1.165, 1.54) is 18.9 Å². The molecule has 8 nitrogen and oxygen atoms in total. The molecule has 0 atom stereocenters. The van der Waals surface area contributed by atoms with E-state index in [2.05, 4.69) is 20.2 Å². The molecule has 2 saturated heterocycles. The lowest BCUT2D eigenvalue weighted by atomic mass is 9.56. The van der Waals surface area contributed by atoms with Gasteiger partial charge in [-0.15, -0.1) is 10.2 Å². The van der Waals surface area contributed by atoms with Gasteiger partial charge in [0.2, 0.25) is 0 Å². The molecule has 4 heterocycles. The van der Waals surface area contributed by atoms with E-state index in [-0.39, 0.29) is 28.5 Å². The first kappa shape index (κ1) is 23.0. The first-order valence-corrected chi connectivity index (χ1v) is 13.1. The van der Waals surface area contributed by atoms with E-state index >= 15 is 0 Å². The lowest BCUT2D eigenvalue weighted by Gasteiger charge is -2.63. The Labute approximate surface area is 212 Å². The Hall–Kier alpha value is -3.16. The highest BCUT2D eigenvalue weighted by Crippen LogP contribution is 2.57. The molecular weight excluding hydrogens is 483 g/mol. The minimum atomic E-state index is -4.57. The normalized spacial score (nSPS) is 24.3. The molecule has 194 valence electrons. The van der Waals surface area contributed by atoms with Crippen molar-refractivity contribution in [3.05, 3.63) is 40.7 Å². The van der Waals surface area contributed by atoms with Crippen LogP contribution in [0.25, 0.3) is 0 Å². The average Bonchev–Trinajstić information content (AvgIpc) is 3.49. The summed E-state index contributed by atoms with van der Waals surface area (Å²) in [5.41, 5.74) is -0.365. The molecule has 3 saturated carbocycles. The number of carbonyl (C=O) groups excluding carboxylic acids is 1. The topological polar surface area (TPSA) is 102 Å². The molecule has 2 aromatic rings. The van der Waals surface area contributed by atoms with Crippen molar-refractivity contribution >= 4 is 6.03 Å². The molecule has 0 radical (unpaired) electrons. The number of likely N-dealkylation sites (tertiary alicyclic amines) is 2. The van der Waals surface area contributed by atoms with Crippen molar-refractivity contribution in [1.82, 2.24) is 30.0 Å². The van der Waals surface area contributed by atoms with Crippen molar-refractivity contribution in [2.45, 2.75) is 63.0 Å². The number of rotatable bonds is 4. The van der Waals surface area contributed by atoms with Crippen LogP contribution in [0.5, 0.6) is 0 Å². The maximum Gasteiger partial charge on any atom is 0.433 e.